The molecular weight excluding hydrogens is 288 g/mol. The van der Waals surface area contributed by atoms with E-state index < -0.39 is 5.97 Å². The van der Waals surface area contributed by atoms with Crippen molar-refractivity contribution in [2.75, 3.05) is 18.0 Å². The summed E-state index contributed by atoms with van der Waals surface area (Å²) in [5.41, 5.74) is 3.80. The van der Waals surface area contributed by atoms with E-state index in [1.165, 1.54) is 22.2 Å². The molecule has 1 aromatic carbocycles. The fourth-order valence-corrected chi connectivity index (χ4v) is 3.90. The second-order valence-electron chi connectivity index (χ2n) is 6.53. The SMILES string of the molecule is CCN(CC)c1ccc2[nH]cc(C3CCC(C(=O)O)CC3)c2c1. The largest absolute Gasteiger partial charge is 0.481 e. The molecule has 23 heavy (non-hydrogen) atoms. The van der Waals surface area contributed by atoms with Gasteiger partial charge < -0.3 is 15.0 Å². The molecule has 0 spiro atoms. The molecule has 1 aromatic heterocycles. The van der Waals surface area contributed by atoms with Gasteiger partial charge in [-0.15, -0.1) is 0 Å². The van der Waals surface area contributed by atoms with Crippen LogP contribution in [0.4, 0.5) is 5.69 Å². The number of H-pyrrole nitrogens is 1. The molecule has 1 fully saturated rings. The molecule has 0 radical (unpaired) electrons. The number of benzene rings is 1. The maximum Gasteiger partial charge on any atom is 0.306 e. The number of aromatic amines is 1. The van der Waals surface area contributed by atoms with Crippen LogP contribution in [0.3, 0.4) is 0 Å². The number of carbonyl (C=O) groups is 1. The Morgan fingerprint density at radius 1 is 1.22 bits per heavy atom. The zero-order valence-electron chi connectivity index (χ0n) is 14.0. The molecule has 1 saturated carbocycles. The van der Waals surface area contributed by atoms with Crippen LogP contribution >= 0.6 is 0 Å². The van der Waals surface area contributed by atoms with Crippen LogP contribution in [0.1, 0.15) is 51.0 Å². The van der Waals surface area contributed by atoms with Gasteiger partial charge in [-0.25, -0.2) is 0 Å². The van der Waals surface area contributed by atoms with Gasteiger partial charge in [-0.2, -0.15) is 0 Å². The summed E-state index contributed by atoms with van der Waals surface area (Å²) in [5, 5.41) is 10.5. The molecule has 4 nitrogen and oxygen atoms in total. The van der Waals surface area contributed by atoms with Gasteiger partial charge in [0.15, 0.2) is 0 Å². The second kappa shape index (κ2) is 6.65. The standard InChI is InChI=1S/C19H26N2O2/c1-3-21(4-2)15-9-10-18-16(11-15)17(12-20-18)13-5-7-14(8-6-13)19(22)23/h9-14,20H,3-8H2,1-2H3,(H,22,23). The van der Waals surface area contributed by atoms with Crippen molar-refractivity contribution in [1.82, 2.24) is 4.98 Å². The number of nitrogens with one attached hydrogen (secondary N) is 1. The smallest absolute Gasteiger partial charge is 0.306 e. The fourth-order valence-electron chi connectivity index (χ4n) is 3.90. The second-order valence-corrected chi connectivity index (χ2v) is 6.53. The molecule has 1 aliphatic rings. The van der Waals surface area contributed by atoms with E-state index in [0.29, 0.717) is 5.92 Å². The number of anilines is 1. The molecule has 1 heterocycles. The number of aliphatic carboxylic acids is 1. The molecule has 1 aliphatic carbocycles. The fraction of sp³-hybridized carbons (Fsp3) is 0.526. The van der Waals surface area contributed by atoms with Gasteiger partial charge >= 0.3 is 5.97 Å². The van der Waals surface area contributed by atoms with Crippen LogP contribution < -0.4 is 4.90 Å². The number of aromatic nitrogens is 1. The van der Waals surface area contributed by atoms with Crippen LogP contribution in [0.25, 0.3) is 10.9 Å². The average molecular weight is 314 g/mol. The highest BCUT2D eigenvalue weighted by Gasteiger charge is 2.28. The lowest BCUT2D eigenvalue weighted by Crippen LogP contribution is -2.21. The number of nitrogens with zero attached hydrogens (tertiary/aromatic N) is 1. The average Bonchev–Trinajstić information content (AvgIpc) is 2.99. The van der Waals surface area contributed by atoms with E-state index in [1.807, 2.05) is 0 Å². The van der Waals surface area contributed by atoms with Crippen molar-refractivity contribution < 1.29 is 9.90 Å². The lowest BCUT2D eigenvalue weighted by molar-refractivity contribution is -0.142. The monoisotopic (exact) mass is 314 g/mol. The number of hydrogen-bond donors (Lipinski definition) is 2. The molecule has 0 amide bonds. The van der Waals surface area contributed by atoms with Crippen molar-refractivity contribution in [2.24, 2.45) is 5.92 Å². The Bertz CT molecular complexity index is 680. The summed E-state index contributed by atoms with van der Waals surface area (Å²) in [6.07, 6.45) is 5.66. The highest BCUT2D eigenvalue weighted by Crippen LogP contribution is 2.39. The number of carboxylic acids is 1. The summed E-state index contributed by atoms with van der Waals surface area (Å²) in [4.78, 5) is 16.9. The van der Waals surface area contributed by atoms with Crippen molar-refractivity contribution in [3.05, 3.63) is 30.0 Å². The molecule has 0 atom stereocenters. The zero-order valence-corrected chi connectivity index (χ0v) is 14.0. The van der Waals surface area contributed by atoms with Crippen LogP contribution in [0.2, 0.25) is 0 Å². The van der Waals surface area contributed by atoms with Crippen LogP contribution in [0, 0.1) is 5.92 Å². The van der Waals surface area contributed by atoms with E-state index in [9.17, 15) is 4.79 Å². The topological polar surface area (TPSA) is 56.3 Å². The summed E-state index contributed by atoms with van der Waals surface area (Å²) in [5.74, 6) is -0.305. The first-order chi connectivity index (χ1) is 11.1. The summed E-state index contributed by atoms with van der Waals surface area (Å²) < 4.78 is 0. The van der Waals surface area contributed by atoms with Crippen molar-refractivity contribution in [1.29, 1.82) is 0 Å². The molecule has 4 heteroatoms. The van der Waals surface area contributed by atoms with Crippen molar-refractivity contribution in [2.45, 2.75) is 45.4 Å². The molecule has 0 unspecified atom stereocenters. The first kappa shape index (κ1) is 15.9. The molecule has 3 rings (SSSR count). The molecule has 124 valence electrons. The van der Waals surface area contributed by atoms with Gasteiger partial charge in [-0.05, 0) is 69.2 Å². The van der Waals surface area contributed by atoms with Gasteiger partial charge in [-0.3, -0.25) is 4.79 Å². The van der Waals surface area contributed by atoms with E-state index in [2.05, 4.69) is 48.1 Å². The maximum absolute atomic E-state index is 11.1. The predicted octanol–water partition coefficient (Wildman–Crippen LogP) is 4.37. The van der Waals surface area contributed by atoms with Crippen molar-refractivity contribution >= 4 is 22.6 Å². The van der Waals surface area contributed by atoms with Crippen molar-refractivity contribution in [3.8, 4) is 0 Å². The summed E-state index contributed by atoms with van der Waals surface area (Å²) in [6, 6.07) is 6.63. The normalized spacial score (nSPS) is 21.5. The van der Waals surface area contributed by atoms with Gasteiger partial charge in [-0.1, -0.05) is 0 Å². The lowest BCUT2D eigenvalue weighted by atomic mass is 9.78. The Hall–Kier alpha value is -1.97. The summed E-state index contributed by atoms with van der Waals surface area (Å²) in [6.45, 7) is 6.37. The van der Waals surface area contributed by atoms with E-state index in [1.54, 1.807) is 0 Å². The highest BCUT2D eigenvalue weighted by molar-refractivity contribution is 5.87. The van der Waals surface area contributed by atoms with E-state index in [-0.39, 0.29) is 5.92 Å². The summed E-state index contributed by atoms with van der Waals surface area (Å²) in [7, 11) is 0. The first-order valence-corrected chi connectivity index (χ1v) is 8.72. The Balaban J connectivity index is 1.87. The molecular formula is C19H26N2O2. The van der Waals surface area contributed by atoms with Gasteiger partial charge in [0.05, 0.1) is 5.92 Å². The Kier molecular flexibility index (Phi) is 4.60. The minimum Gasteiger partial charge on any atom is -0.481 e. The van der Waals surface area contributed by atoms with Crippen LogP contribution in [0.5, 0.6) is 0 Å². The number of hydrogen-bond acceptors (Lipinski definition) is 2. The van der Waals surface area contributed by atoms with Gasteiger partial charge in [0.25, 0.3) is 0 Å². The quantitative estimate of drug-likeness (QED) is 0.861. The lowest BCUT2D eigenvalue weighted by Gasteiger charge is -2.26. The third-order valence-corrected chi connectivity index (χ3v) is 5.34. The van der Waals surface area contributed by atoms with Crippen LogP contribution in [0.15, 0.2) is 24.4 Å². The predicted molar refractivity (Wildman–Crippen MR) is 94.2 cm³/mol. The van der Waals surface area contributed by atoms with Gasteiger partial charge in [0.2, 0.25) is 0 Å². The molecule has 0 saturated heterocycles. The molecule has 2 aromatic rings. The Morgan fingerprint density at radius 3 is 2.52 bits per heavy atom. The summed E-state index contributed by atoms with van der Waals surface area (Å²) >= 11 is 0. The third kappa shape index (κ3) is 3.07. The van der Waals surface area contributed by atoms with E-state index >= 15 is 0 Å². The highest BCUT2D eigenvalue weighted by atomic mass is 16.4. The molecule has 2 N–H and O–H groups in total. The maximum atomic E-state index is 11.1. The number of carboxylic acid groups (broad SMARTS) is 1. The van der Waals surface area contributed by atoms with E-state index in [0.717, 1.165) is 38.8 Å². The van der Waals surface area contributed by atoms with Gasteiger partial charge in [0.1, 0.15) is 0 Å². The van der Waals surface area contributed by atoms with Crippen LogP contribution in [-0.4, -0.2) is 29.1 Å². The zero-order chi connectivity index (χ0) is 16.4. The Labute approximate surface area is 137 Å². The minimum atomic E-state index is -0.633. The Morgan fingerprint density at radius 2 is 1.91 bits per heavy atom. The van der Waals surface area contributed by atoms with Crippen LogP contribution in [-0.2, 0) is 4.79 Å². The number of fused-ring (bicyclic) bond motifs is 1. The third-order valence-electron chi connectivity index (χ3n) is 5.34. The van der Waals surface area contributed by atoms with E-state index in [4.69, 9.17) is 5.11 Å². The first-order valence-electron chi connectivity index (χ1n) is 8.72. The molecule has 0 aliphatic heterocycles. The minimum absolute atomic E-state index is 0.150. The van der Waals surface area contributed by atoms with Crippen molar-refractivity contribution in [3.63, 3.8) is 0 Å². The molecule has 0 bridgehead atoms. The number of rotatable bonds is 5. The van der Waals surface area contributed by atoms with Gasteiger partial charge in [0, 0.05) is 35.9 Å².